The van der Waals surface area contributed by atoms with Crippen LogP contribution in [0.4, 0.5) is 15.9 Å². The number of benzene rings is 1. The monoisotopic (exact) mass is 278 g/mol. The van der Waals surface area contributed by atoms with Crippen molar-refractivity contribution in [1.29, 1.82) is 0 Å². The molecule has 1 N–H and O–H groups in total. The quantitative estimate of drug-likeness (QED) is 0.668. The molecular formula is C12H11FN4O3. The van der Waals surface area contributed by atoms with Gasteiger partial charge in [0.2, 0.25) is 11.6 Å². The highest BCUT2D eigenvalue weighted by Gasteiger charge is 2.20. The van der Waals surface area contributed by atoms with Gasteiger partial charge in [-0.3, -0.25) is 15.1 Å². The average molecular weight is 278 g/mol. The van der Waals surface area contributed by atoms with E-state index >= 15 is 0 Å². The van der Waals surface area contributed by atoms with E-state index < -0.39 is 22.2 Å². The van der Waals surface area contributed by atoms with E-state index in [1.165, 1.54) is 18.5 Å². The van der Waals surface area contributed by atoms with E-state index in [9.17, 15) is 14.5 Å². The molecule has 0 fully saturated rings. The molecule has 0 saturated carbocycles. The lowest BCUT2D eigenvalue weighted by Gasteiger charge is -2.07. The van der Waals surface area contributed by atoms with Crippen molar-refractivity contribution >= 4 is 11.5 Å². The highest BCUT2D eigenvalue weighted by atomic mass is 19.1. The Kier molecular flexibility index (Phi) is 4.04. The molecule has 0 aliphatic rings. The predicted octanol–water partition coefficient (Wildman–Crippen LogP) is 2.75. The van der Waals surface area contributed by atoms with Gasteiger partial charge in [0, 0.05) is 12.6 Å². The molecule has 2 rings (SSSR count). The molecular weight excluding hydrogens is 267 g/mol. The zero-order valence-electron chi connectivity index (χ0n) is 10.5. The number of nitro benzene ring substituents is 1. The first kappa shape index (κ1) is 13.7. The van der Waals surface area contributed by atoms with Gasteiger partial charge < -0.3 is 10.1 Å². The maximum Gasteiger partial charge on any atom is 0.314 e. The second kappa shape index (κ2) is 5.91. The summed E-state index contributed by atoms with van der Waals surface area (Å²) < 4.78 is 18.8. The molecule has 0 unspecified atom stereocenters. The van der Waals surface area contributed by atoms with Crippen molar-refractivity contribution in [1.82, 2.24) is 9.97 Å². The molecule has 0 amide bonds. The molecule has 2 aromatic rings. The van der Waals surface area contributed by atoms with Crippen molar-refractivity contribution in [3.63, 3.8) is 0 Å². The lowest BCUT2D eigenvalue weighted by atomic mass is 10.3. The number of anilines is 1. The van der Waals surface area contributed by atoms with Crippen LogP contribution in [0.5, 0.6) is 11.6 Å². The van der Waals surface area contributed by atoms with Gasteiger partial charge >= 0.3 is 5.69 Å². The number of nitrogens with one attached hydrogen (secondary N) is 1. The van der Waals surface area contributed by atoms with Crippen molar-refractivity contribution in [3.8, 4) is 11.6 Å². The van der Waals surface area contributed by atoms with Gasteiger partial charge in [0.25, 0.3) is 0 Å². The van der Waals surface area contributed by atoms with Gasteiger partial charge in [-0.05, 0) is 13.0 Å². The highest BCUT2D eigenvalue weighted by Crippen LogP contribution is 2.32. The molecule has 104 valence electrons. The predicted molar refractivity (Wildman–Crippen MR) is 69.3 cm³/mol. The zero-order valence-corrected chi connectivity index (χ0v) is 10.5. The number of para-hydroxylation sites is 1. The minimum absolute atomic E-state index is 0.0309. The molecule has 0 saturated heterocycles. The third-order valence-electron chi connectivity index (χ3n) is 2.32. The van der Waals surface area contributed by atoms with Crippen LogP contribution in [0.1, 0.15) is 6.92 Å². The van der Waals surface area contributed by atoms with Crippen LogP contribution < -0.4 is 10.1 Å². The van der Waals surface area contributed by atoms with Crippen LogP contribution in [-0.2, 0) is 0 Å². The SMILES string of the molecule is CCNc1cncc(Oc2c(F)cccc2[N+](=O)[O-])n1. The maximum atomic E-state index is 13.7. The van der Waals surface area contributed by atoms with Crippen LogP contribution in [0.15, 0.2) is 30.6 Å². The summed E-state index contributed by atoms with van der Waals surface area (Å²) in [5, 5.41) is 13.7. The number of ether oxygens (including phenoxy) is 1. The van der Waals surface area contributed by atoms with E-state index in [2.05, 4.69) is 15.3 Å². The Hall–Kier alpha value is -2.77. The molecule has 7 nitrogen and oxygen atoms in total. The number of halogens is 1. The summed E-state index contributed by atoms with van der Waals surface area (Å²) in [6.45, 7) is 2.49. The van der Waals surface area contributed by atoms with Crippen molar-refractivity contribution in [2.75, 3.05) is 11.9 Å². The van der Waals surface area contributed by atoms with E-state index in [0.717, 1.165) is 12.1 Å². The topological polar surface area (TPSA) is 90.2 Å². The third kappa shape index (κ3) is 2.97. The van der Waals surface area contributed by atoms with Gasteiger partial charge in [-0.25, -0.2) is 4.39 Å². The van der Waals surface area contributed by atoms with Crippen molar-refractivity contribution in [3.05, 3.63) is 46.5 Å². The Morgan fingerprint density at radius 3 is 2.95 bits per heavy atom. The van der Waals surface area contributed by atoms with Gasteiger partial charge in [0.05, 0.1) is 17.3 Å². The molecule has 0 aliphatic carbocycles. The Morgan fingerprint density at radius 2 is 2.25 bits per heavy atom. The van der Waals surface area contributed by atoms with E-state index in [4.69, 9.17) is 4.74 Å². The summed E-state index contributed by atoms with van der Waals surface area (Å²) in [5.74, 6) is -0.920. The van der Waals surface area contributed by atoms with Crippen molar-refractivity contribution < 1.29 is 14.1 Å². The van der Waals surface area contributed by atoms with Crippen LogP contribution in [0.25, 0.3) is 0 Å². The van der Waals surface area contributed by atoms with Gasteiger partial charge in [-0.2, -0.15) is 4.98 Å². The van der Waals surface area contributed by atoms with E-state index in [1.54, 1.807) is 0 Å². The Bertz CT molecular complexity index is 636. The Balaban J connectivity index is 2.34. The lowest BCUT2D eigenvalue weighted by molar-refractivity contribution is -0.385. The number of nitro groups is 1. The van der Waals surface area contributed by atoms with Gasteiger partial charge in [0.1, 0.15) is 5.82 Å². The summed E-state index contributed by atoms with van der Waals surface area (Å²) in [5.41, 5.74) is -0.472. The smallest absolute Gasteiger partial charge is 0.314 e. The summed E-state index contributed by atoms with van der Waals surface area (Å²) in [6.07, 6.45) is 2.71. The molecule has 20 heavy (non-hydrogen) atoms. The Labute approximate surface area is 113 Å². The number of hydrogen-bond acceptors (Lipinski definition) is 6. The van der Waals surface area contributed by atoms with Crippen molar-refractivity contribution in [2.24, 2.45) is 0 Å². The average Bonchev–Trinajstić information content (AvgIpc) is 2.41. The molecule has 1 aromatic carbocycles. The maximum absolute atomic E-state index is 13.7. The van der Waals surface area contributed by atoms with E-state index in [0.29, 0.717) is 12.4 Å². The molecule has 0 atom stereocenters. The van der Waals surface area contributed by atoms with Crippen LogP contribution in [0.2, 0.25) is 0 Å². The van der Waals surface area contributed by atoms with Crippen LogP contribution in [-0.4, -0.2) is 21.4 Å². The summed E-state index contributed by atoms with van der Waals surface area (Å²) in [6, 6.07) is 3.46. The van der Waals surface area contributed by atoms with E-state index in [-0.39, 0.29) is 5.88 Å². The minimum Gasteiger partial charge on any atom is -0.427 e. The first-order valence-electron chi connectivity index (χ1n) is 5.78. The van der Waals surface area contributed by atoms with Crippen LogP contribution in [0.3, 0.4) is 0 Å². The fourth-order valence-electron chi connectivity index (χ4n) is 1.51. The van der Waals surface area contributed by atoms with Gasteiger partial charge in [-0.15, -0.1) is 0 Å². The fourth-order valence-corrected chi connectivity index (χ4v) is 1.51. The molecule has 0 bridgehead atoms. The molecule has 1 aromatic heterocycles. The largest absolute Gasteiger partial charge is 0.427 e. The molecule has 0 radical (unpaired) electrons. The molecule has 0 spiro atoms. The summed E-state index contributed by atoms with van der Waals surface area (Å²) in [7, 11) is 0. The molecule has 1 heterocycles. The van der Waals surface area contributed by atoms with Crippen molar-refractivity contribution in [2.45, 2.75) is 6.92 Å². The molecule has 8 heteroatoms. The van der Waals surface area contributed by atoms with E-state index in [1.807, 2.05) is 6.92 Å². The third-order valence-corrected chi connectivity index (χ3v) is 2.32. The first-order valence-corrected chi connectivity index (χ1v) is 5.78. The second-order valence-corrected chi connectivity index (χ2v) is 3.72. The Morgan fingerprint density at radius 1 is 1.45 bits per heavy atom. The number of nitrogens with zero attached hydrogens (tertiary/aromatic N) is 3. The highest BCUT2D eigenvalue weighted by molar-refractivity contribution is 5.48. The zero-order chi connectivity index (χ0) is 14.5. The normalized spacial score (nSPS) is 10.1. The number of hydrogen-bond donors (Lipinski definition) is 1. The first-order chi connectivity index (χ1) is 9.61. The summed E-state index contributed by atoms with van der Waals surface area (Å²) >= 11 is 0. The number of aromatic nitrogens is 2. The standard InChI is InChI=1S/C12H11FN4O3/c1-2-15-10-6-14-7-11(16-10)20-12-8(13)4-3-5-9(12)17(18)19/h3-7H,2H2,1H3,(H,15,16). The van der Waals surface area contributed by atoms with Gasteiger partial charge in [-0.1, -0.05) is 6.07 Å². The minimum atomic E-state index is -0.838. The number of rotatable bonds is 5. The van der Waals surface area contributed by atoms with Crippen LogP contribution >= 0.6 is 0 Å². The fraction of sp³-hybridized carbons (Fsp3) is 0.167. The summed E-state index contributed by atoms with van der Waals surface area (Å²) in [4.78, 5) is 18.0. The molecule has 0 aliphatic heterocycles. The van der Waals surface area contributed by atoms with Crippen LogP contribution in [0, 0.1) is 15.9 Å². The second-order valence-electron chi connectivity index (χ2n) is 3.72. The van der Waals surface area contributed by atoms with Gasteiger partial charge in [0.15, 0.2) is 5.82 Å². The lowest BCUT2D eigenvalue weighted by Crippen LogP contribution is -2.02.